The second kappa shape index (κ2) is 8.67. The molecule has 0 atom stereocenters. The monoisotopic (exact) mass is 396 g/mol. The standard InChI is InChI=1S/C21H24N4O2S/c26-19(7-10-25-16-22-20-18(21(25)27)8-15-28-20)24-13-11-23(12-14-24)9-6-17-4-2-1-3-5-17/h1-5,8,15-16H,6-7,9-14H2. The number of piperazine rings is 1. The molecule has 0 unspecified atom stereocenters. The predicted octanol–water partition coefficient (Wildman–Crippen LogP) is 2.24. The first-order valence-corrected chi connectivity index (χ1v) is 10.6. The number of aromatic nitrogens is 2. The predicted molar refractivity (Wildman–Crippen MR) is 112 cm³/mol. The van der Waals surface area contributed by atoms with Crippen molar-refractivity contribution >= 4 is 27.5 Å². The molecule has 0 aliphatic carbocycles. The van der Waals surface area contributed by atoms with Crippen molar-refractivity contribution in [3.05, 3.63) is 64.0 Å². The molecule has 146 valence electrons. The summed E-state index contributed by atoms with van der Waals surface area (Å²) in [5.41, 5.74) is 1.28. The molecule has 1 aliphatic heterocycles. The fourth-order valence-corrected chi connectivity index (χ4v) is 4.30. The quantitative estimate of drug-likeness (QED) is 0.641. The average Bonchev–Trinajstić information content (AvgIpc) is 3.22. The number of carbonyl (C=O) groups is 1. The van der Waals surface area contributed by atoms with Crippen LogP contribution in [0, 0.1) is 0 Å². The van der Waals surface area contributed by atoms with Crippen LogP contribution in [0.1, 0.15) is 12.0 Å². The number of aryl methyl sites for hydroxylation is 1. The molecule has 3 heterocycles. The van der Waals surface area contributed by atoms with Gasteiger partial charge in [-0.25, -0.2) is 4.98 Å². The van der Waals surface area contributed by atoms with Gasteiger partial charge in [0.15, 0.2) is 0 Å². The normalized spacial score (nSPS) is 15.2. The van der Waals surface area contributed by atoms with Crippen LogP contribution in [0.15, 0.2) is 52.9 Å². The fourth-order valence-electron chi connectivity index (χ4n) is 3.58. The molecule has 6 nitrogen and oxygen atoms in total. The van der Waals surface area contributed by atoms with Crippen LogP contribution in [-0.4, -0.2) is 58.0 Å². The van der Waals surface area contributed by atoms with Gasteiger partial charge in [0, 0.05) is 45.7 Å². The number of amides is 1. The molecule has 1 aliphatic rings. The Hall–Kier alpha value is -2.51. The molecule has 1 amide bonds. The molecule has 4 rings (SSSR count). The molecular formula is C21H24N4O2S. The van der Waals surface area contributed by atoms with E-state index in [2.05, 4.69) is 34.1 Å². The molecule has 1 fully saturated rings. The van der Waals surface area contributed by atoms with Crippen LogP contribution in [0.3, 0.4) is 0 Å². The van der Waals surface area contributed by atoms with Gasteiger partial charge in [0.2, 0.25) is 5.91 Å². The van der Waals surface area contributed by atoms with Gasteiger partial charge in [-0.05, 0) is 23.4 Å². The summed E-state index contributed by atoms with van der Waals surface area (Å²) in [6.07, 6.45) is 2.92. The number of carbonyl (C=O) groups excluding carboxylic acids is 1. The largest absolute Gasteiger partial charge is 0.340 e. The lowest BCUT2D eigenvalue weighted by Gasteiger charge is -2.34. The third-order valence-corrected chi connectivity index (χ3v) is 6.12. The number of fused-ring (bicyclic) bond motifs is 1. The second-order valence-electron chi connectivity index (χ2n) is 7.09. The molecule has 2 aromatic heterocycles. The average molecular weight is 397 g/mol. The Labute approximate surface area is 168 Å². The first-order valence-electron chi connectivity index (χ1n) is 9.67. The van der Waals surface area contributed by atoms with Crippen LogP contribution in [0.25, 0.3) is 10.2 Å². The van der Waals surface area contributed by atoms with E-state index in [1.807, 2.05) is 16.3 Å². The molecule has 1 saturated heterocycles. The Morgan fingerprint density at radius 1 is 1.04 bits per heavy atom. The van der Waals surface area contributed by atoms with Crippen LogP contribution in [-0.2, 0) is 17.8 Å². The molecule has 0 saturated carbocycles. The highest BCUT2D eigenvalue weighted by Crippen LogP contribution is 2.13. The highest BCUT2D eigenvalue weighted by Gasteiger charge is 2.20. The fraction of sp³-hybridized carbons (Fsp3) is 0.381. The van der Waals surface area contributed by atoms with Gasteiger partial charge < -0.3 is 4.90 Å². The van der Waals surface area contributed by atoms with E-state index in [0.29, 0.717) is 18.4 Å². The van der Waals surface area contributed by atoms with E-state index in [4.69, 9.17) is 0 Å². The zero-order valence-corrected chi connectivity index (χ0v) is 16.6. The van der Waals surface area contributed by atoms with Crippen molar-refractivity contribution in [2.24, 2.45) is 0 Å². The number of rotatable bonds is 6. The lowest BCUT2D eigenvalue weighted by molar-refractivity contribution is -0.133. The Morgan fingerprint density at radius 3 is 2.61 bits per heavy atom. The minimum absolute atomic E-state index is 0.0650. The summed E-state index contributed by atoms with van der Waals surface area (Å²) < 4.78 is 1.54. The van der Waals surface area contributed by atoms with Gasteiger partial charge >= 0.3 is 0 Å². The molecular weight excluding hydrogens is 372 g/mol. The highest BCUT2D eigenvalue weighted by atomic mass is 32.1. The number of nitrogens with zero attached hydrogens (tertiary/aromatic N) is 4. The molecule has 7 heteroatoms. The second-order valence-corrected chi connectivity index (χ2v) is 7.99. The van der Waals surface area contributed by atoms with E-state index >= 15 is 0 Å². The summed E-state index contributed by atoms with van der Waals surface area (Å²) in [5, 5.41) is 2.50. The van der Waals surface area contributed by atoms with Gasteiger partial charge in [-0.1, -0.05) is 30.3 Å². The Balaban J connectivity index is 1.24. The van der Waals surface area contributed by atoms with E-state index in [9.17, 15) is 9.59 Å². The minimum atomic E-state index is -0.0650. The summed E-state index contributed by atoms with van der Waals surface area (Å²) >= 11 is 1.46. The number of thiophene rings is 1. The first kappa shape index (κ1) is 18.8. The Bertz CT molecular complexity index is 990. The van der Waals surface area contributed by atoms with Crippen molar-refractivity contribution in [3.8, 4) is 0 Å². The maximum Gasteiger partial charge on any atom is 0.262 e. The summed E-state index contributed by atoms with van der Waals surface area (Å²) in [7, 11) is 0. The van der Waals surface area contributed by atoms with Crippen LogP contribution in [0.4, 0.5) is 0 Å². The van der Waals surface area contributed by atoms with Gasteiger partial charge in [0.05, 0.1) is 11.7 Å². The van der Waals surface area contributed by atoms with E-state index in [0.717, 1.165) is 44.0 Å². The number of hydrogen-bond donors (Lipinski definition) is 0. The smallest absolute Gasteiger partial charge is 0.262 e. The molecule has 3 aromatic rings. The molecule has 1 aromatic carbocycles. The summed E-state index contributed by atoms with van der Waals surface area (Å²) in [6.45, 7) is 4.72. The highest BCUT2D eigenvalue weighted by molar-refractivity contribution is 7.16. The molecule has 0 N–H and O–H groups in total. The van der Waals surface area contributed by atoms with Crippen LogP contribution >= 0.6 is 11.3 Å². The van der Waals surface area contributed by atoms with Gasteiger partial charge in [-0.3, -0.25) is 19.1 Å². The lowest BCUT2D eigenvalue weighted by atomic mass is 10.1. The van der Waals surface area contributed by atoms with E-state index in [1.54, 1.807) is 17.0 Å². The van der Waals surface area contributed by atoms with Crippen LogP contribution in [0.5, 0.6) is 0 Å². The van der Waals surface area contributed by atoms with Crippen molar-refractivity contribution in [2.45, 2.75) is 19.4 Å². The molecule has 0 radical (unpaired) electrons. The van der Waals surface area contributed by atoms with E-state index < -0.39 is 0 Å². The third-order valence-electron chi connectivity index (χ3n) is 5.30. The molecule has 0 spiro atoms. The SMILES string of the molecule is O=C(CCn1cnc2sccc2c1=O)N1CCN(CCc2ccccc2)CC1. The van der Waals surface area contributed by atoms with Gasteiger partial charge in [0.1, 0.15) is 4.83 Å². The third kappa shape index (κ3) is 4.31. The molecule has 0 bridgehead atoms. The summed E-state index contributed by atoms with van der Waals surface area (Å²) in [4.78, 5) is 34.3. The maximum atomic E-state index is 12.6. The maximum absolute atomic E-state index is 12.6. The number of benzene rings is 1. The van der Waals surface area contributed by atoms with Crippen molar-refractivity contribution in [1.29, 1.82) is 0 Å². The summed E-state index contributed by atoms with van der Waals surface area (Å²) in [6, 6.07) is 12.3. The van der Waals surface area contributed by atoms with Crippen molar-refractivity contribution < 1.29 is 4.79 Å². The van der Waals surface area contributed by atoms with Crippen molar-refractivity contribution in [2.75, 3.05) is 32.7 Å². The number of hydrogen-bond acceptors (Lipinski definition) is 5. The Morgan fingerprint density at radius 2 is 1.82 bits per heavy atom. The van der Waals surface area contributed by atoms with Crippen molar-refractivity contribution in [1.82, 2.24) is 19.4 Å². The van der Waals surface area contributed by atoms with Crippen molar-refractivity contribution in [3.63, 3.8) is 0 Å². The molecule has 28 heavy (non-hydrogen) atoms. The van der Waals surface area contributed by atoms with Crippen LogP contribution in [0.2, 0.25) is 0 Å². The van der Waals surface area contributed by atoms with Crippen LogP contribution < -0.4 is 5.56 Å². The zero-order chi connectivity index (χ0) is 19.3. The van der Waals surface area contributed by atoms with Gasteiger partial charge in [-0.2, -0.15) is 0 Å². The zero-order valence-electron chi connectivity index (χ0n) is 15.8. The van der Waals surface area contributed by atoms with Gasteiger partial charge in [-0.15, -0.1) is 11.3 Å². The first-order chi connectivity index (χ1) is 13.7. The summed E-state index contributed by atoms with van der Waals surface area (Å²) in [5.74, 6) is 0.111. The van der Waals surface area contributed by atoms with E-state index in [-0.39, 0.29) is 11.5 Å². The lowest BCUT2D eigenvalue weighted by Crippen LogP contribution is -2.49. The van der Waals surface area contributed by atoms with E-state index in [1.165, 1.54) is 16.9 Å². The Kier molecular flexibility index (Phi) is 5.83. The van der Waals surface area contributed by atoms with Gasteiger partial charge in [0.25, 0.3) is 5.56 Å². The topological polar surface area (TPSA) is 58.4 Å². The minimum Gasteiger partial charge on any atom is -0.340 e.